The first-order valence-electron chi connectivity index (χ1n) is 12.6. The summed E-state index contributed by atoms with van der Waals surface area (Å²) in [5.74, 6) is 0. The Morgan fingerprint density at radius 2 is 1.24 bits per heavy atom. The standard InChI is InChI=1S/C34H19N7/c35-16-19-1-3-20(4-2-19)23-9-10-27-30(15-23)41-34(28-11-12-29(39)33(40)32(27)28)22-7-5-21(6-8-22)31-24(17-36)13-26(38)14-25(31)18-37/h1-15,39-40H,38H2. The number of nitrogens with one attached hydrogen (secondary N) is 2. The van der Waals surface area contributed by atoms with Crippen LogP contribution >= 0.6 is 0 Å². The molecule has 0 radical (unpaired) electrons. The van der Waals surface area contributed by atoms with Crippen molar-refractivity contribution in [2.24, 2.45) is 0 Å². The number of hydrogen-bond donors (Lipinski definition) is 3. The van der Waals surface area contributed by atoms with E-state index in [9.17, 15) is 10.5 Å². The van der Waals surface area contributed by atoms with Crippen molar-refractivity contribution in [3.8, 4) is 51.7 Å². The van der Waals surface area contributed by atoms with Gasteiger partial charge < -0.3 is 5.73 Å². The van der Waals surface area contributed by atoms with Crippen LogP contribution in [-0.4, -0.2) is 16.4 Å². The molecule has 1 aromatic heterocycles. The van der Waals surface area contributed by atoms with Gasteiger partial charge in [0, 0.05) is 33.3 Å². The van der Waals surface area contributed by atoms with Crippen LogP contribution in [0.1, 0.15) is 27.8 Å². The van der Waals surface area contributed by atoms with Gasteiger partial charge in [-0.2, -0.15) is 15.8 Å². The summed E-state index contributed by atoms with van der Waals surface area (Å²) >= 11 is 0. The summed E-state index contributed by atoms with van der Waals surface area (Å²) in [6, 6.07) is 30.1. The van der Waals surface area contributed by atoms with Gasteiger partial charge in [0.05, 0.1) is 57.5 Å². The number of rotatable bonds is 3. The lowest BCUT2D eigenvalue weighted by atomic mass is 9.87. The maximum absolute atomic E-state index is 9.68. The Bertz CT molecular complexity index is 2060. The van der Waals surface area contributed by atoms with Crippen molar-refractivity contribution in [2.45, 2.75) is 0 Å². The quantitative estimate of drug-likeness (QED) is 0.219. The predicted molar refractivity (Wildman–Crippen MR) is 160 cm³/mol. The lowest BCUT2D eigenvalue weighted by Crippen LogP contribution is -2.17. The molecule has 41 heavy (non-hydrogen) atoms. The van der Waals surface area contributed by atoms with Gasteiger partial charge in [-0.1, -0.05) is 48.5 Å². The Morgan fingerprint density at radius 1 is 0.634 bits per heavy atom. The van der Waals surface area contributed by atoms with Crippen LogP contribution in [0.25, 0.3) is 50.5 Å². The monoisotopic (exact) mass is 525 g/mol. The van der Waals surface area contributed by atoms with Crippen molar-refractivity contribution in [1.29, 1.82) is 26.6 Å². The highest BCUT2D eigenvalue weighted by atomic mass is 14.7. The van der Waals surface area contributed by atoms with Crippen LogP contribution in [0.5, 0.6) is 0 Å². The molecule has 4 aromatic carbocycles. The molecule has 0 saturated carbocycles. The number of benzene rings is 4. The molecule has 0 saturated heterocycles. The zero-order valence-electron chi connectivity index (χ0n) is 21.5. The average Bonchev–Trinajstić information content (AvgIpc) is 3.01. The molecule has 0 bridgehead atoms. The molecule has 0 spiro atoms. The molecule has 4 N–H and O–H groups in total. The smallest absolute Gasteiger partial charge is 0.0999 e. The minimum absolute atomic E-state index is 0.123. The van der Waals surface area contributed by atoms with E-state index >= 15 is 0 Å². The SMILES string of the molecule is N#Cc1ccc(-c2ccc3c4c(c(-c5ccc(-c6c(C#N)cc(N)cc6C#N)cc5)nc3c2)C=CC(=N)C4=N)cc1. The van der Waals surface area contributed by atoms with E-state index in [0.29, 0.717) is 50.3 Å². The topological polar surface area (TPSA) is 158 Å². The normalized spacial score (nSPS) is 11.9. The number of anilines is 1. The zero-order valence-corrected chi connectivity index (χ0v) is 21.5. The number of nitrogens with zero attached hydrogens (tertiary/aromatic N) is 4. The average molecular weight is 526 g/mol. The summed E-state index contributed by atoms with van der Waals surface area (Å²) in [7, 11) is 0. The molecule has 0 aliphatic heterocycles. The van der Waals surface area contributed by atoms with Gasteiger partial charge in [-0.15, -0.1) is 0 Å². The molecule has 5 aromatic rings. The Morgan fingerprint density at radius 3 is 1.88 bits per heavy atom. The number of nitriles is 3. The van der Waals surface area contributed by atoms with E-state index in [1.165, 1.54) is 0 Å². The van der Waals surface area contributed by atoms with Crippen LogP contribution in [-0.2, 0) is 0 Å². The van der Waals surface area contributed by atoms with Crippen molar-refractivity contribution in [1.82, 2.24) is 4.98 Å². The lowest BCUT2D eigenvalue weighted by molar-refractivity contribution is 1.36. The third kappa shape index (κ3) is 4.19. The Labute approximate surface area is 235 Å². The highest BCUT2D eigenvalue weighted by molar-refractivity contribution is 6.54. The van der Waals surface area contributed by atoms with Gasteiger partial charge in [-0.3, -0.25) is 10.8 Å². The summed E-state index contributed by atoms with van der Waals surface area (Å²) < 4.78 is 0. The maximum atomic E-state index is 9.68. The first kappa shape index (κ1) is 24.9. The summed E-state index contributed by atoms with van der Waals surface area (Å²) in [5, 5.41) is 46.3. The van der Waals surface area contributed by atoms with E-state index in [1.807, 2.05) is 60.7 Å². The second-order valence-electron chi connectivity index (χ2n) is 9.58. The van der Waals surface area contributed by atoms with Gasteiger partial charge >= 0.3 is 0 Å². The highest BCUT2D eigenvalue weighted by Crippen LogP contribution is 2.37. The number of allylic oxidation sites excluding steroid dienone is 1. The van der Waals surface area contributed by atoms with E-state index in [2.05, 4.69) is 18.2 Å². The van der Waals surface area contributed by atoms with Gasteiger partial charge in [0.15, 0.2) is 0 Å². The fraction of sp³-hybridized carbons (Fsp3) is 0. The Kier molecular flexibility index (Phi) is 5.93. The van der Waals surface area contributed by atoms with Crippen molar-refractivity contribution in [2.75, 3.05) is 5.73 Å². The van der Waals surface area contributed by atoms with E-state index < -0.39 is 0 Å². The van der Waals surface area contributed by atoms with Gasteiger partial charge in [0.1, 0.15) is 0 Å². The second kappa shape index (κ2) is 9.75. The molecule has 7 heteroatoms. The summed E-state index contributed by atoms with van der Waals surface area (Å²) in [4.78, 5) is 5.03. The van der Waals surface area contributed by atoms with Crippen LogP contribution < -0.4 is 5.73 Å². The van der Waals surface area contributed by atoms with Crippen LogP contribution in [0.15, 0.2) is 84.9 Å². The molecule has 7 nitrogen and oxygen atoms in total. The number of fused-ring (bicyclic) bond motifs is 3. The maximum Gasteiger partial charge on any atom is 0.0999 e. The van der Waals surface area contributed by atoms with Crippen LogP contribution in [0.2, 0.25) is 0 Å². The van der Waals surface area contributed by atoms with Crippen molar-refractivity contribution < 1.29 is 0 Å². The molecule has 0 unspecified atom stereocenters. The number of hydrogen-bond acceptors (Lipinski definition) is 7. The van der Waals surface area contributed by atoms with E-state index in [-0.39, 0.29) is 11.4 Å². The van der Waals surface area contributed by atoms with Crippen LogP contribution in [0.4, 0.5) is 5.69 Å². The van der Waals surface area contributed by atoms with Gasteiger partial charge in [0.25, 0.3) is 0 Å². The van der Waals surface area contributed by atoms with Crippen LogP contribution in [0, 0.1) is 44.8 Å². The molecule has 190 valence electrons. The van der Waals surface area contributed by atoms with Gasteiger partial charge in [0.2, 0.25) is 0 Å². The zero-order chi connectivity index (χ0) is 28.7. The molecule has 0 amide bonds. The Balaban J connectivity index is 1.53. The molecule has 6 rings (SSSR count). The van der Waals surface area contributed by atoms with Gasteiger partial charge in [-0.25, -0.2) is 4.98 Å². The first-order valence-corrected chi connectivity index (χ1v) is 12.6. The Hall–Kier alpha value is -6.36. The third-order valence-electron chi connectivity index (χ3n) is 7.16. The minimum atomic E-state index is 0.123. The summed E-state index contributed by atoms with van der Waals surface area (Å²) in [6.07, 6.45) is 3.43. The molecule has 1 aliphatic rings. The number of pyridine rings is 1. The summed E-state index contributed by atoms with van der Waals surface area (Å²) in [6.45, 7) is 0. The molecular weight excluding hydrogens is 506 g/mol. The molecular formula is C34H19N7. The lowest BCUT2D eigenvalue weighted by Gasteiger charge is -2.19. The second-order valence-corrected chi connectivity index (χ2v) is 9.58. The predicted octanol–water partition coefficient (Wildman–Crippen LogP) is 6.85. The molecule has 1 aliphatic carbocycles. The molecule has 1 heterocycles. The fourth-order valence-corrected chi connectivity index (χ4v) is 5.18. The van der Waals surface area contributed by atoms with Crippen LogP contribution in [0.3, 0.4) is 0 Å². The van der Waals surface area contributed by atoms with E-state index in [1.54, 1.807) is 30.3 Å². The molecule has 0 atom stereocenters. The number of aromatic nitrogens is 1. The van der Waals surface area contributed by atoms with Crippen molar-refractivity contribution >= 4 is 34.1 Å². The van der Waals surface area contributed by atoms with E-state index in [4.69, 9.17) is 26.8 Å². The fourth-order valence-electron chi connectivity index (χ4n) is 5.18. The highest BCUT2D eigenvalue weighted by Gasteiger charge is 2.23. The molecule has 0 fully saturated rings. The largest absolute Gasteiger partial charge is 0.399 e. The minimum Gasteiger partial charge on any atom is -0.399 e. The first-order chi connectivity index (χ1) is 19.9. The van der Waals surface area contributed by atoms with Gasteiger partial charge in [-0.05, 0) is 59.2 Å². The van der Waals surface area contributed by atoms with Crippen molar-refractivity contribution in [3.63, 3.8) is 0 Å². The van der Waals surface area contributed by atoms with Crippen molar-refractivity contribution in [3.05, 3.63) is 113 Å². The number of nitrogens with two attached hydrogens (primary N) is 1. The van der Waals surface area contributed by atoms with E-state index in [0.717, 1.165) is 27.6 Å². The summed E-state index contributed by atoms with van der Waals surface area (Å²) in [5.41, 5.74) is 14.3. The third-order valence-corrected chi connectivity index (χ3v) is 7.16. The number of nitrogen functional groups attached to an aromatic ring is 1.